The topological polar surface area (TPSA) is 102 Å². The molecule has 3 heterocycles. The number of nitrogens with zero attached hydrogens (tertiary/aromatic N) is 3. The van der Waals surface area contributed by atoms with E-state index in [9.17, 15) is 0 Å². The summed E-state index contributed by atoms with van der Waals surface area (Å²) >= 11 is 0. The fraction of sp³-hybridized carbons (Fsp3) is 0.545. The molecule has 18 heavy (non-hydrogen) atoms. The van der Waals surface area contributed by atoms with Gasteiger partial charge in [-0.1, -0.05) is 0 Å². The Morgan fingerprint density at radius 3 is 2.94 bits per heavy atom. The molecule has 0 aliphatic carbocycles. The van der Waals surface area contributed by atoms with Gasteiger partial charge in [0.1, 0.15) is 24.3 Å². The zero-order valence-corrected chi connectivity index (χ0v) is 10.0. The van der Waals surface area contributed by atoms with E-state index < -0.39 is 0 Å². The van der Waals surface area contributed by atoms with Crippen molar-refractivity contribution in [2.24, 2.45) is 0 Å². The number of hydrogen-bond acceptors (Lipinski definition) is 6. The van der Waals surface area contributed by atoms with E-state index in [0.29, 0.717) is 29.7 Å². The number of piperidine rings is 1. The molecule has 0 aromatic carbocycles. The first kappa shape index (κ1) is 11.4. The van der Waals surface area contributed by atoms with Gasteiger partial charge >= 0.3 is 0 Å². The van der Waals surface area contributed by atoms with Crippen LogP contribution in [0.25, 0.3) is 11.2 Å². The number of fused-ring (bicyclic) bond motifs is 1. The average molecular weight is 248 g/mol. The van der Waals surface area contributed by atoms with Crippen molar-refractivity contribution >= 4 is 17.0 Å². The number of nitrogens with one attached hydrogen (secondary N) is 2. The second-order valence-electron chi connectivity index (χ2n) is 4.40. The molecule has 7 nitrogen and oxygen atoms in total. The van der Waals surface area contributed by atoms with Gasteiger partial charge in [-0.15, -0.1) is 0 Å². The molecule has 7 heteroatoms. The van der Waals surface area contributed by atoms with Crippen molar-refractivity contribution in [3.63, 3.8) is 0 Å². The van der Waals surface area contributed by atoms with Crippen LogP contribution in [0.4, 0.5) is 5.82 Å². The van der Waals surface area contributed by atoms with E-state index in [0.717, 1.165) is 31.8 Å². The van der Waals surface area contributed by atoms with Gasteiger partial charge in [0.2, 0.25) is 0 Å². The van der Waals surface area contributed by atoms with E-state index in [1.807, 2.05) is 0 Å². The smallest absolute Gasteiger partial charge is 0.183 e. The predicted octanol–water partition coefficient (Wildman–Crippen LogP) is 0.204. The molecule has 1 fully saturated rings. The summed E-state index contributed by atoms with van der Waals surface area (Å²) < 4.78 is 5.82. The summed E-state index contributed by atoms with van der Waals surface area (Å²) in [5.41, 5.74) is 7.01. The fourth-order valence-electron chi connectivity index (χ4n) is 2.12. The molecule has 3 rings (SSSR count). The highest BCUT2D eigenvalue weighted by Gasteiger charge is 2.14. The number of nitrogen functional groups attached to an aromatic ring is 1. The van der Waals surface area contributed by atoms with E-state index in [2.05, 4.69) is 25.3 Å². The van der Waals surface area contributed by atoms with Crippen LogP contribution in [0.1, 0.15) is 18.7 Å². The average Bonchev–Trinajstić information content (AvgIpc) is 2.82. The zero-order chi connectivity index (χ0) is 12.4. The van der Waals surface area contributed by atoms with E-state index in [1.165, 1.54) is 6.33 Å². The van der Waals surface area contributed by atoms with Crippen molar-refractivity contribution in [3.8, 4) is 0 Å². The summed E-state index contributed by atoms with van der Waals surface area (Å²) in [5.74, 6) is 1.16. The summed E-state index contributed by atoms with van der Waals surface area (Å²) in [6, 6.07) is 0. The van der Waals surface area contributed by atoms with Gasteiger partial charge < -0.3 is 20.8 Å². The second-order valence-corrected chi connectivity index (χ2v) is 4.40. The van der Waals surface area contributed by atoms with E-state index >= 15 is 0 Å². The molecule has 0 bridgehead atoms. The fourth-order valence-corrected chi connectivity index (χ4v) is 2.12. The number of H-pyrrole nitrogens is 1. The Labute approximate surface area is 104 Å². The molecule has 0 unspecified atom stereocenters. The first-order chi connectivity index (χ1) is 8.83. The molecule has 1 saturated heterocycles. The molecule has 0 atom stereocenters. The van der Waals surface area contributed by atoms with Gasteiger partial charge in [0, 0.05) is 0 Å². The summed E-state index contributed by atoms with van der Waals surface area (Å²) in [4.78, 5) is 15.4. The molecule has 2 aromatic rings. The summed E-state index contributed by atoms with van der Waals surface area (Å²) in [6.45, 7) is 2.49. The van der Waals surface area contributed by atoms with Crippen LogP contribution in [-0.4, -0.2) is 39.1 Å². The summed E-state index contributed by atoms with van der Waals surface area (Å²) in [7, 11) is 0. The zero-order valence-electron chi connectivity index (χ0n) is 10.0. The van der Waals surface area contributed by atoms with Crippen LogP contribution in [-0.2, 0) is 11.3 Å². The number of anilines is 1. The number of aromatic nitrogens is 4. The van der Waals surface area contributed by atoms with Crippen molar-refractivity contribution in [2.75, 3.05) is 18.8 Å². The molecule has 4 N–H and O–H groups in total. The number of ether oxygens (including phenoxy) is 1. The maximum absolute atomic E-state index is 5.82. The Kier molecular flexibility index (Phi) is 3.07. The maximum Gasteiger partial charge on any atom is 0.183 e. The van der Waals surface area contributed by atoms with Gasteiger partial charge in [0.25, 0.3) is 0 Å². The van der Waals surface area contributed by atoms with Gasteiger partial charge in [0.15, 0.2) is 11.5 Å². The third kappa shape index (κ3) is 2.27. The standard InChI is InChI=1S/C11H16N6O/c12-10-9-11(15-6-14-10)17-8(16-9)5-18-7-1-3-13-4-2-7/h6-7,13H,1-5H2,(H3,12,14,15,16,17). The Hall–Kier alpha value is -1.73. The van der Waals surface area contributed by atoms with Crippen molar-refractivity contribution in [1.82, 2.24) is 25.3 Å². The minimum Gasteiger partial charge on any atom is -0.382 e. The highest BCUT2D eigenvalue weighted by molar-refractivity contribution is 5.80. The van der Waals surface area contributed by atoms with Crippen LogP contribution in [0.5, 0.6) is 0 Å². The number of aromatic amines is 1. The molecule has 1 aliphatic heterocycles. The molecular weight excluding hydrogens is 232 g/mol. The minimum absolute atomic E-state index is 0.308. The molecule has 0 amide bonds. The van der Waals surface area contributed by atoms with Crippen LogP contribution >= 0.6 is 0 Å². The van der Waals surface area contributed by atoms with Crippen LogP contribution in [0.15, 0.2) is 6.33 Å². The van der Waals surface area contributed by atoms with E-state index in [-0.39, 0.29) is 0 Å². The molecule has 0 saturated carbocycles. The van der Waals surface area contributed by atoms with Gasteiger partial charge in [-0.3, -0.25) is 0 Å². The number of nitrogens with two attached hydrogens (primary N) is 1. The number of hydrogen-bond donors (Lipinski definition) is 3. The quantitative estimate of drug-likeness (QED) is 0.717. The van der Waals surface area contributed by atoms with E-state index in [4.69, 9.17) is 10.5 Å². The monoisotopic (exact) mass is 248 g/mol. The maximum atomic E-state index is 5.82. The molecular formula is C11H16N6O. The Morgan fingerprint density at radius 1 is 1.33 bits per heavy atom. The lowest BCUT2D eigenvalue weighted by molar-refractivity contribution is 0.0182. The van der Waals surface area contributed by atoms with E-state index in [1.54, 1.807) is 0 Å². The van der Waals surface area contributed by atoms with Crippen molar-refractivity contribution in [3.05, 3.63) is 12.2 Å². The third-order valence-electron chi connectivity index (χ3n) is 3.11. The molecule has 96 valence electrons. The normalized spacial score (nSPS) is 17.3. The third-order valence-corrected chi connectivity index (χ3v) is 3.11. The molecule has 0 spiro atoms. The Morgan fingerprint density at radius 2 is 2.17 bits per heavy atom. The molecule has 1 aliphatic rings. The minimum atomic E-state index is 0.308. The van der Waals surface area contributed by atoms with Crippen molar-refractivity contribution < 1.29 is 4.74 Å². The Balaban J connectivity index is 1.69. The number of rotatable bonds is 3. The van der Waals surface area contributed by atoms with Gasteiger partial charge in [-0.25, -0.2) is 15.0 Å². The van der Waals surface area contributed by atoms with Gasteiger partial charge in [0.05, 0.1) is 6.10 Å². The SMILES string of the molecule is Nc1ncnc2nc(COC3CCNCC3)[nH]c12. The largest absolute Gasteiger partial charge is 0.382 e. The molecule has 2 aromatic heterocycles. The van der Waals surface area contributed by atoms with Crippen LogP contribution in [0.2, 0.25) is 0 Å². The molecule has 0 radical (unpaired) electrons. The first-order valence-electron chi connectivity index (χ1n) is 6.10. The van der Waals surface area contributed by atoms with Crippen LogP contribution in [0, 0.1) is 0 Å². The van der Waals surface area contributed by atoms with Crippen LogP contribution < -0.4 is 11.1 Å². The van der Waals surface area contributed by atoms with Crippen LogP contribution in [0.3, 0.4) is 0 Å². The van der Waals surface area contributed by atoms with Gasteiger partial charge in [-0.2, -0.15) is 0 Å². The predicted molar refractivity (Wildman–Crippen MR) is 66.8 cm³/mol. The second kappa shape index (κ2) is 4.87. The summed E-state index contributed by atoms with van der Waals surface area (Å²) in [6.07, 6.45) is 3.81. The lowest BCUT2D eigenvalue weighted by Crippen LogP contribution is -2.32. The highest BCUT2D eigenvalue weighted by atomic mass is 16.5. The van der Waals surface area contributed by atoms with Crippen molar-refractivity contribution in [1.29, 1.82) is 0 Å². The number of imidazole rings is 1. The first-order valence-corrected chi connectivity index (χ1v) is 6.10. The summed E-state index contributed by atoms with van der Waals surface area (Å²) in [5, 5.41) is 3.30. The lowest BCUT2D eigenvalue weighted by Gasteiger charge is -2.22. The Bertz CT molecular complexity index is 533. The van der Waals surface area contributed by atoms with Crippen molar-refractivity contribution in [2.45, 2.75) is 25.6 Å². The van der Waals surface area contributed by atoms with Gasteiger partial charge in [-0.05, 0) is 25.9 Å². The highest BCUT2D eigenvalue weighted by Crippen LogP contribution is 2.15. The lowest BCUT2D eigenvalue weighted by atomic mass is 10.1.